The predicted octanol–water partition coefficient (Wildman–Crippen LogP) is 3.25. The Morgan fingerprint density at radius 3 is 2.44 bits per heavy atom. The molecule has 1 amide bonds. The highest BCUT2D eigenvalue weighted by atomic mass is 32.2. The number of carbonyl (C=O) groups is 1. The van der Waals surface area contributed by atoms with E-state index in [0.29, 0.717) is 42.3 Å². The number of amides is 1. The molecule has 3 aromatic rings. The third kappa shape index (κ3) is 4.58. The fourth-order valence-electron chi connectivity index (χ4n) is 3.52. The van der Waals surface area contributed by atoms with Crippen LogP contribution >= 0.6 is 0 Å². The molecule has 8 nitrogen and oxygen atoms in total. The molecular formula is C23H29N3O5S. The summed E-state index contributed by atoms with van der Waals surface area (Å²) in [7, 11) is 1.01. The van der Waals surface area contributed by atoms with Crippen molar-refractivity contribution in [3.8, 4) is 11.5 Å². The van der Waals surface area contributed by atoms with E-state index >= 15 is 0 Å². The van der Waals surface area contributed by atoms with Gasteiger partial charge in [0.15, 0.2) is 11.5 Å². The molecule has 0 aliphatic rings. The second-order valence-electron chi connectivity index (χ2n) is 7.38. The van der Waals surface area contributed by atoms with E-state index in [-0.39, 0.29) is 10.8 Å². The van der Waals surface area contributed by atoms with Gasteiger partial charge in [-0.1, -0.05) is 6.07 Å². The highest BCUT2D eigenvalue weighted by molar-refractivity contribution is 7.89. The number of aromatic nitrogens is 1. The number of nitrogens with one attached hydrogen (secondary N) is 1. The third-order valence-electron chi connectivity index (χ3n) is 5.18. The van der Waals surface area contributed by atoms with Gasteiger partial charge in [0.05, 0.1) is 18.6 Å². The number of ether oxygens (including phenoxy) is 2. The van der Waals surface area contributed by atoms with Gasteiger partial charge in [0.25, 0.3) is 5.91 Å². The monoisotopic (exact) mass is 459 g/mol. The molecule has 0 fully saturated rings. The minimum Gasteiger partial charge on any atom is -0.493 e. The zero-order valence-corrected chi connectivity index (χ0v) is 19.8. The second kappa shape index (κ2) is 9.62. The number of hydrogen-bond donors (Lipinski definition) is 1. The lowest BCUT2D eigenvalue weighted by molar-refractivity contribution is 0.0942. The van der Waals surface area contributed by atoms with Crippen LogP contribution in [0.4, 0.5) is 0 Å². The first-order chi connectivity index (χ1) is 15.2. The molecule has 1 heterocycles. The minimum absolute atomic E-state index is 0.192. The summed E-state index contributed by atoms with van der Waals surface area (Å²) >= 11 is 0. The van der Waals surface area contributed by atoms with E-state index in [9.17, 15) is 13.2 Å². The Kier molecular flexibility index (Phi) is 7.10. The van der Waals surface area contributed by atoms with Crippen LogP contribution in [-0.4, -0.2) is 51.0 Å². The zero-order chi connectivity index (χ0) is 23.5. The molecule has 9 heteroatoms. The molecule has 0 saturated carbocycles. The maximum absolute atomic E-state index is 13.0. The van der Waals surface area contributed by atoms with Gasteiger partial charge in [-0.15, -0.1) is 0 Å². The van der Waals surface area contributed by atoms with E-state index in [1.54, 1.807) is 31.4 Å². The van der Waals surface area contributed by atoms with Crippen LogP contribution in [0.3, 0.4) is 0 Å². The lowest BCUT2D eigenvalue weighted by Gasteiger charge is -2.13. The number of carbonyl (C=O) groups excluding carboxylic acids is 1. The largest absolute Gasteiger partial charge is 0.493 e. The Bertz CT molecular complexity index is 1230. The van der Waals surface area contributed by atoms with Gasteiger partial charge in [-0.3, -0.25) is 4.79 Å². The number of benzene rings is 2. The van der Waals surface area contributed by atoms with E-state index in [1.807, 2.05) is 36.6 Å². The first-order valence-electron chi connectivity index (χ1n) is 10.4. The maximum Gasteiger partial charge on any atom is 0.268 e. The SMILES string of the molecule is CCOc1cc(CNC(=O)c2cc3cc(S(=O)(=O)N(C)C)ccc3n2CC)ccc1OC. The molecule has 0 aliphatic carbocycles. The summed E-state index contributed by atoms with van der Waals surface area (Å²) in [6, 6.07) is 12.2. The zero-order valence-electron chi connectivity index (χ0n) is 19.0. The predicted molar refractivity (Wildman–Crippen MR) is 124 cm³/mol. The van der Waals surface area contributed by atoms with Gasteiger partial charge < -0.3 is 19.4 Å². The lowest BCUT2D eigenvalue weighted by atomic mass is 10.2. The van der Waals surface area contributed by atoms with Gasteiger partial charge in [0, 0.05) is 38.1 Å². The summed E-state index contributed by atoms with van der Waals surface area (Å²) in [6.07, 6.45) is 0. The van der Waals surface area contributed by atoms with Crippen LogP contribution in [0.5, 0.6) is 11.5 Å². The Morgan fingerprint density at radius 1 is 1.06 bits per heavy atom. The van der Waals surface area contributed by atoms with Crippen LogP contribution in [0.1, 0.15) is 29.9 Å². The Morgan fingerprint density at radius 2 is 1.81 bits per heavy atom. The van der Waals surface area contributed by atoms with Crippen LogP contribution in [0, 0.1) is 0 Å². The van der Waals surface area contributed by atoms with Crippen molar-refractivity contribution in [3.63, 3.8) is 0 Å². The number of aryl methyl sites for hydroxylation is 1. The maximum atomic E-state index is 13.0. The van der Waals surface area contributed by atoms with Crippen molar-refractivity contribution in [1.82, 2.24) is 14.2 Å². The number of fused-ring (bicyclic) bond motifs is 1. The first kappa shape index (κ1) is 23.6. The van der Waals surface area contributed by atoms with Crippen molar-refractivity contribution < 1.29 is 22.7 Å². The van der Waals surface area contributed by atoms with Crippen LogP contribution in [0.25, 0.3) is 10.9 Å². The molecule has 2 aromatic carbocycles. The van der Waals surface area contributed by atoms with Gasteiger partial charge in [-0.25, -0.2) is 12.7 Å². The minimum atomic E-state index is -3.56. The molecule has 0 radical (unpaired) electrons. The Labute approximate surface area is 188 Å². The highest BCUT2D eigenvalue weighted by Gasteiger charge is 2.20. The normalized spacial score (nSPS) is 11.7. The van der Waals surface area contributed by atoms with Gasteiger partial charge in [-0.2, -0.15) is 0 Å². The van der Waals surface area contributed by atoms with Crippen molar-refractivity contribution in [2.45, 2.75) is 31.8 Å². The number of nitrogens with zero attached hydrogens (tertiary/aromatic N) is 2. The fraction of sp³-hybridized carbons (Fsp3) is 0.348. The first-order valence-corrected chi connectivity index (χ1v) is 11.8. The van der Waals surface area contributed by atoms with E-state index in [0.717, 1.165) is 11.1 Å². The molecule has 0 saturated heterocycles. The molecule has 172 valence electrons. The van der Waals surface area contributed by atoms with Gasteiger partial charge in [0.1, 0.15) is 5.69 Å². The van der Waals surface area contributed by atoms with Gasteiger partial charge in [0.2, 0.25) is 10.0 Å². The van der Waals surface area contributed by atoms with Gasteiger partial charge in [-0.05, 0) is 55.8 Å². The summed E-state index contributed by atoms with van der Waals surface area (Å²) in [4.78, 5) is 13.2. The topological polar surface area (TPSA) is 89.9 Å². The molecule has 0 bridgehead atoms. The average molecular weight is 460 g/mol. The smallest absolute Gasteiger partial charge is 0.268 e. The van der Waals surface area contributed by atoms with Crippen molar-refractivity contribution >= 4 is 26.8 Å². The summed E-state index contributed by atoms with van der Waals surface area (Å²) in [5.41, 5.74) is 2.15. The number of rotatable bonds is 9. The van der Waals surface area contributed by atoms with Crippen molar-refractivity contribution in [3.05, 3.63) is 53.7 Å². The molecule has 0 spiro atoms. The van der Waals surface area contributed by atoms with E-state index in [4.69, 9.17) is 9.47 Å². The summed E-state index contributed by atoms with van der Waals surface area (Å²) in [5.74, 6) is 1.02. The molecule has 0 unspecified atom stereocenters. The standard InChI is InChI=1S/C23H29N3O5S/c1-6-26-19-10-9-18(32(28,29)25(3)4)13-17(19)14-20(26)23(27)24-15-16-8-11-21(30-5)22(12-16)31-7-2/h8-14H,6-7,15H2,1-5H3,(H,24,27). The van der Waals surface area contributed by atoms with Crippen molar-refractivity contribution in [2.24, 2.45) is 0 Å². The molecule has 32 heavy (non-hydrogen) atoms. The molecule has 3 rings (SSSR count). The van der Waals surface area contributed by atoms with Crippen LogP contribution in [0.15, 0.2) is 47.4 Å². The van der Waals surface area contributed by atoms with Crippen LogP contribution in [0.2, 0.25) is 0 Å². The number of methoxy groups -OCH3 is 1. The summed E-state index contributed by atoms with van der Waals surface area (Å²) in [6.45, 7) is 5.23. The fourth-order valence-corrected chi connectivity index (χ4v) is 4.46. The second-order valence-corrected chi connectivity index (χ2v) is 9.53. The third-order valence-corrected chi connectivity index (χ3v) is 6.99. The molecular weight excluding hydrogens is 430 g/mol. The summed E-state index contributed by atoms with van der Waals surface area (Å²) in [5, 5.41) is 3.64. The average Bonchev–Trinajstić information content (AvgIpc) is 3.15. The van der Waals surface area contributed by atoms with E-state index < -0.39 is 10.0 Å². The van der Waals surface area contributed by atoms with E-state index in [2.05, 4.69) is 5.32 Å². The van der Waals surface area contributed by atoms with Crippen molar-refractivity contribution in [2.75, 3.05) is 27.8 Å². The van der Waals surface area contributed by atoms with Crippen LogP contribution < -0.4 is 14.8 Å². The number of sulfonamides is 1. The number of hydrogen-bond acceptors (Lipinski definition) is 5. The lowest BCUT2D eigenvalue weighted by Crippen LogP contribution is -2.25. The molecule has 1 aromatic heterocycles. The van der Waals surface area contributed by atoms with Crippen molar-refractivity contribution in [1.29, 1.82) is 0 Å². The molecule has 0 aliphatic heterocycles. The quantitative estimate of drug-likeness (QED) is 0.531. The highest BCUT2D eigenvalue weighted by Crippen LogP contribution is 2.28. The molecule has 1 N–H and O–H groups in total. The van der Waals surface area contributed by atoms with Crippen LogP contribution in [-0.2, 0) is 23.1 Å². The Hall–Kier alpha value is -3.04. The Balaban J connectivity index is 1.87. The van der Waals surface area contributed by atoms with Gasteiger partial charge >= 0.3 is 0 Å². The summed E-state index contributed by atoms with van der Waals surface area (Å²) < 4.78 is 38.9. The molecule has 0 atom stereocenters. The van der Waals surface area contributed by atoms with E-state index in [1.165, 1.54) is 18.4 Å².